The molecule has 1 aliphatic carbocycles. The Morgan fingerprint density at radius 2 is 1.69 bits per heavy atom. The molecule has 0 saturated carbocycles. The van der Waals surface area contributed by atoms with Crippen molar-refractivity contribution < 1.29 is 19.5 Å². The number of benzene rings is 1. The molecule has 2 amide bonds. The molecule has 2 unspecified atom stereocenters. The second kappa shape index (κ2) is 12.3. The highest BCUT2D eigenvalue weighted by molar-refractivity contribution is 6.33. The van der Waals surface area contributed by atoms with E-state index in [4.69, 9.17) is 50.6 Å². The van der Waals surface area contributed by atoms with Gasteiger partial charge in [-0.05, 0) is 43.2 Å². The van der Waals surface area contributed by atoms with E-state index in [1.807, 2.05) is 6.92 Å². The van der Waals surface area contributed by atoms with Gasteiger partial charge in [-0.1, -0.05) is 35.7 Å². The molecule has 0 aliphatic heterocycles. The second-order valence-electron chi connectivity index (χ2n) is 7.98. The van der Waals surface area contributed by atoms with Crippen LogP contribution in [0.4, 0.5) is 11.4 Å². The van der Waals surface area contributed by atoms with E-state index in [1.165, 1.54) is 24.3 Å². The van der Waals surface area contributed by atoms with Crippen molar-refractivity contribution in [3.05, 3.63) is 46.5 Å². The van der Waals surface area contributed by atoms with E-state index in [1.54, 1.807) is 6.08 Å². The summed E-state index contributed by atoms with van der Waals surface area (Å²) >= 11 is 12.9. The minimum Gasteiger partial charge on any atom is -0.481 e. The van der Waals surface area contributed by atoms with Crippen molar-refractivity contribution in [2.24, 2.45) is 17.4 Å². The SMILES string of the molecule is CCC1C(CCC(=O)O)=CC(Cl)=CC1(Cl)NC(=O)CNC(=O)c1cc(NC(=N)N)cc(NC(=N)N)c1. The van der Waals surface area contributed by atoms with Crippen LogP contribution in [0.3, 0.4) is 0 Å². The highest BCUT2D eigenvalue weighted by atomic mass is 35.5. The van der Waals surface area contributed by atoms with Crippen LogP contribution in [0.1, 0.15) is 36.5 Å². The largest absolute Gasteiger partial charge is 0.481 e. The molecule has 1 aromatic rings. The molecule has 1 aromatic carbocycles. The maximum Gasteiger partial charge on any atom is 0.303 e. The number of carboxylic acid groups (broad SMARTS) is 1. The smallest absolute Gasteiger partial charge is 0.303 e. The highest BCUT2D eigenvalue weighted by Crippen LogP contribution is 2.40. The van der Waals surface area contributed by atoms with E-state index in [0.29, 0.717) is 12.0 Å². The van der Waals surface area contributed by atoms with Crippen molar-refractivity contribution in [3.63, 3.8) is 0 Å². The maximum absolute atomic E-state index is 12.7. The number of allylic oxidation sites excluding steroid dienone is 2. The van der Waals surface area contributed by atoms with Crippen LogP contribution in [-0.4, -0.2) is 46.4 Å². The van der Waals surface area contributed by atoms with Crippen molar-refractivity contribution in [3.8, 4) is 0 Å². The molecule has 0 fully saturated rings. The summed E-state index contributed by atoms with van der Waals surface area (Å²) in [6, 6.07) is 4.29. The van der Waals surface area contributed by atoms with Gasteiger partial charge < -0.3 is 37.8 Å². The summed E-state index contributed by atoms with van der Waals surface area (Å²) in [4.78, 5) is 35.0. The number of hydrogen-bond donors (Lipinski definition) is 9. The maximum atomic E-state index is 12.7. The molecule has 0 radical (unpaired) electrons. The van der Waals surface area contributed by atoms with Crippen LogP contribution in [0.25, 0.3) is 0 Å². The lowest BCUT2D eigenvalue weighted by molar-refractivity contribution is -0.137. The van der Waals surface area contributed by atoms with Crippen LogP contribution in [0.2, 0.25) is 0 Å². The predicted molar refractivity (Wildman–Crippen MR) is 139 cm³/mol. The summed E-state index contributed by atoms with van der Waals surface area (Å²) in [6.45, 7) is 1.43. The molecule has 0 bridgehead atoms. The number of carbonyl (C=O) groups is 3. The molecular formula is C22H28Cl2N8O4. The molecule has 0 saturated heterocycles. The molecular weight excluding hydrogens is 511 g/mol. The van der Waals surface area contributed by atoms with E-state index >= 15 is 0 Å². The molecule has 12 nitrogen and oxygen atoms in total. The zero-order valence-electron chi connectivity index (χ0n) is 19.4. The number of aliphatic carboxylic acids is 1. The summed E-state index contributed by atoms with van der Waals surface area (Å²) < 4.78 is 0. The molecule has 2 rings (SSSR count). The molecule has 194 valence electrons. The fourth-order valence-corrected chi connectivity index (χ4v) is 4.69. The van der Waals surface area contributed by atoms with Gasteiger partial charge in [-0.3, -0.25) is 25.2 Å². The number of carboxylic acids is 1. The van der Waals surface area contributed by atoms with Gasteiger partial charge in [-0.15, -0.1) is 0 Å². The first-order valence-electron chi connectivity index (χ1n) is 10.8. The van der Waals surface area contributed by atoms with E-state index in [9.17, 15) is 14.4 Å². The summed E-state index contributed by atoms with van der Waals surface area (Å²) in [5, 5.41) is 34.3. The number of nitrogens with two attached hydrogens (primary N) is 2. The van der Waals surface area contributed by atoms with Gasteiger partial charge in [0, 0.05) is 34.3 Å². The molecule has 36 heavy (non-hydrogen) atoms. The summed E-state index contributed by atoms with van der Waals surface area (Å²) in [6.07, 6.45) is 3.75. The zero-order chi connectivity index (χ0) is 27.0. The third kappa shape index (κ3) is 8.17. The number of halogens is 2. The number of anilines is 2. The van der Waals surface area contributed by atoms with E-state index in [0.717, 1.165) is 0 Å². The van der Waals surface area contributed by atoms with Crippen molar-refractivity contribution in [1.82, 2.24) is 10.6 Å². The molecule has 0 spiro atoms. The Hall–Kier alpha value is -3.77. The van der Waals surface area contributed by atoms with Crippen LogP contribution in [0.15, 0.2) is 41.0 Å². The Bertz CT molecular complexity index is 1100. The van der Waals surface area contributed by atoms with Gasteiger partial charge in [0.05, 0.1) is 6.54 Å². The fraction of sp³-hybridized carbons (Fsp3) is 0.318. The summed E-state index contributed by atoms with van der Waals surface area (Å²) in [5.74, 6) is -3.33. The zero-order valence-corrected chi connectivity index (χ0v) is 20.9. The normalized spacial score (nSPS) is 18.8. The summed E-state index contributed by atoms with van der Waals surface area (Å²) in [5.41, 5.74) is 12.1. The number of alkyl halides is 1. The standard InChI is InChI=1S/C22H28Cl2N8O4/c1-2-16-11(3-4-18(34)35)5-13(23)9-22(16,24)32-17(33)10-29-19(36)12-6-14(30-20(25)26)8-15(7-12)31-21(27)28/h5-9,16H,2-4,10H2,1H3,(H,29,36)(H,32,33)(H,34,35)(H4,25,26,30)(H4,27,28,31). The van der Waals surface area contributed by atoms with Gasteiger partial charge in [0.2, 0.25) is 5.91 Å². The minimum absolute atomic E-state index is 0.101. The Kier molecular flexibility index (Phi) is 9.70. The van der Waals surface area contributed by atoms with Gasteiger partial charge in [-0.2, -0.15) is 0 Å². The monoisotopic (exact) mass is 538 g/mol. The number of carbonyl (C=O) groups excluding carboxylic acids is 2. The van der Waals surface area contributed by atoms with Crippen LogP contribution in [0.5, 0.6) is 0 Å². The molecule has 14 heteroatoms. The van der Waals surface area contributed by atoms with E-state index in [-0.39, 0.29) is 46.7 Å². The lowest BCUT2D eigenvalue weighted by Gasteiger charge is -2.37. The quantitative estimate of drug-likeness (QED) is 0.0924. The Morgan fingerprint density at radius 1 is 1.11 bits per heavy atom. The Morgan fingerprint density at radius 3 is 2.19 bits per heavy atom. The van der Waals surface area contributed by atoms with Crippen LogP contribution in [-0.2, 0) is 9.59 Å². The van der Waals surface area contributed by atoms with Gasteiger partial charge in [0.1, 0.15) is 5.00 Å². The van der Waals surface area contributed by atoms with Gasteiger partial charge in [0.25, 0.3) is 5.91 Å². The first-order valence-corrected chi connectivity index (χ1v) is 11.5. The molecule has 1 aliphatic rings. The number of hydrogen-bond acceptors (Lipinski definition) is 5. The Balaban J connectivity index is 2.12. The predicted octanol–water partition coefficient (Wildman–Crippen LogP) is 2.03. The second-order valence-corrected chi connectivity index (χ2v) is 9.04. The van der Waals surface area contributed by atoms with E-state index < -0.39 is 35.2 Å². The average molecular weight is 539 g/mol. The highest BCUT2D eigenvalue weighted by Gasteiger charge is 2.40. The average Bonchev–Trinajstić information content (AvgIpc) is 2.74. The van der Waals surface area contributed by atoms with Crippen molar-refractivity contribution in [2.45, 2.75) is 31.2 Å². The van der Waals surface area contributed by atoms with E-state index in [2.05, 4.69) is 21.3 Å². The minimum atomic E-state index is -1.40. The van der Waals surface area contributed by atoms with Crippen LogP contribution in [0, 0.1) is 16.7 Å². The number of guanidine groups is 2. The number of nitrogens with one attached hydrogen (secondary N) is 6. The van der Waals surface area contributed by atoms with Gasteiger partial charge in [0.15, 0.2) is 11.9 Å². The molecule has 0 heterocycles. The first-order chi connectivity index (χ1) is 16.8. The molecule has 0 aromatic heterocycles. The summed E-state index contributed by atoms with van der Waals surface area (Å²) in [7, 11) is 0. The molecule has 2 atom stereocenters. The topological polar surface area (TPSA) is 219 Å². The van der Waals surface area contributed by atoms with Crippen molar-refractivity contribution in [1.29, 1.82) is 10.8 Å². The van der Waals surface area contributed by atoms with Crippen molar-refractivity contribution >= 4 is 64.3 Å². The lowest BCUT2D eigenvalue weighted by atomic mass is 9.82. The van der Waals surface area contributed by atoms with Crippen LogP contribution < -0.4 is 32.7 Å². The number of rotatable bonds is 10. The number of amides is 2. The third-order valence-corrected chi connectivity index (χ3v) is 5.84. The van der Waals surface area contributed by atoms with Crippen LogP contribution >= 0.6 is 23.2 Å². The molecule has 11 N–H and O–H groups in total. The van der Waals surface area contributed by atoms with Gasteiger partial charge >= 0.3 is 5.97 Å². The van der Waals surface area contributed by atoms with Crippen molar-refractivity contribution in [2.75, 3.05) is 17.2 Å². The fourth-order valence-electron chi connectivity index (χ4n) is 3.81. The Labute approximate surface area is 217 Å². The lowest BCUT2D eigenvalue weighted by Crippen LogP contribution is -2.52. The first kappa shape index (κ1) is 28.5. The third-order valence-electron chi connectivity index (χ3n) is 5.16. The van der Waals surface area contributed by atoms with Gasteiger partial charge in [-0.25, -0.2) is 0 Å².